The van der Waals surface area contributed by atoms with Crippen LogP contribution >= 0.6 is 0 Å². The Hall–Kier alpha value is -2.17. The highest BCUT2D eigenvalue weighted by molar-refractivity contribution is 5.91. The van der Waals surface area contributed by atoms with Crippen LogP contribution in [0.3, 0.4) is 0 Å². The van der Waals surface area contributed by atoms with Gasteiger partial charge in [0.05, 0.1) is 0 Å². The van der Waals surface area contributed by atoms with E-state index in [-0.39, 0.29) is 24.1 Å². The molecule has 1 amide bonds. The Balaban J connectivity index is 2.34. The van der Waals surface area contributed by atoms with Gasteiger partial charge in [0.1, 0.15) is 5.82 Å². The van der Waals surface area contributed by atoms with Gasteiger partial charge in [0.25, 0.3) is 0 Å². The molecule has 108 valence electrons. The van der Waals surface area contributed by atoms with Crippen molar-refractivity contribution in [1.29, 1.82) is 0 Å². The number of aliphatic carboxylic acids is 1. The number of halogens is 1. The van der Waals surface area contributed by atoms with E-state index in [4.69, 9.17) is 5.11 Å². The van der Waals surface area contributed by atoms with Gasteiger partial charge in [-0.3, -0.25) is 9.59 Å². The Morgan fingerprint density at radius 1 is 1.45 bits per heavy atom. The number of carboxylic acid groups (broad SMARTS) is 1. The van der Waals surface area contributed by atoms with E-state index in [0.29, 0.717) is 18.5 Å². The second-order valence-corrected chi connectivity index (χ2v) is 4.67. The highest BCUT2D eigenvalue weighted by atomic mass is 19.1. The maximum Gasteiger partial charge on any atom is 0.303 e. The van der Waals surface area contributed by atoms with E-state index in [2.05, 4.69) is 5.32 Å². The summed E-state index contributed by atoms with van der Waals surface area (Å²) in [4.78, 5) is 21.9. The van der Waals surface area contributed by atoms with E-state index >= 15 is 0 Å². The lowest BCUT2D eigenvalue weighted by atomic mass is 10.1. The van der Waals surface area contributed by atoms with Gasteiger partial charge in [-0.2, -0.15) is 0 Å². The largest absolute Gasteiger partial charge is 0.481 e. The molecule has 0 spiro atoms. The van der Waals surface area contributed by atoms with E-state index in [0.717, 1.165) is 0 Å². The first-order valence-electron chi connectivity index (χ1n) is 6.40. The molecule has 0 radical (unpaired) electrons. The van der Waals surface area contributed by atoms with Crippen molar-refractivity contribution < 1.29 is 19.1 Å². The average molecular weight is 279 g/mol. The molecule has 0 aromatic heterocycles. The molecule has 5 heteroatoms. The van der Waals surface area contributed by atoms with E-state index < -0.39 is 5.97 Å². The summed E-state index contributed by atoms with van der Waals surface area (Å²) >= 11 is 0. The molecular weight excluding hydrogens is 261 g/mol. The molecule has 0 aliphatic heterocycles. The second-order valence-electron chi connectivity index (χ2n) is 4.67. The number of carbonyl (C=O) groups excluding carboxylic acids is 1. The molecule has 0 fully saturated rings. The molecule has 0 saturated carbocycles. The first-order chi connectivity index (χ1) is 9.47. The molecule has 1 unspecified atom stereocenters. The quantitative estimate of drug-likeness (QED) is 0.753. The van der Waals surface area contributed by atoms with Gasteiger partial charge in [-0.05, 0) is 36.1 Å². The molecular formula is C15H18FNO3. The maximum atomic E-state index is 12.9. The van der Waals surface area contributed by atoms with Crippen LogP contribution in [0.25, 0.3) is 6.08 Å². The van der Waals surface area contributed by atoms with Gasteiger partial charge in [-0.1, -0.05) is 19.1 Å². The molecule has 0 aliphatic rings. The first-order valence-corrected chi connectivity index (χ1v) is 6.40. The van der Waals surface area contributed by atoms with Gasteiger partial charge in [0, 0.05) is 19.0 Å². The van der Waals surface area contributed by atoms with Crippen molar-refractivity contribution in [1.82, 2.24) is 5.32 Å². The summed E-state index contributed by atoms with van der Waals surface area (Å²) in [7, 11) is 0. The van der Waals surface area contributed by atoms with Crippen LogP contribution in [-0.4, -0.2) is 23.5 Å². The lowest BCUT2D eigenvalue weighted by molar-refractivity contribution is -0.137. The monoisotopic (exact) mass is 279 g/mol. The summed E-state index contributed by atoms with van der Waals surface area (Å²) in [5, 5.41) is 11.2. The summed E-state index contributed by atoms with van der Waals surface area (Å²) in [5.74, 6) is -1.38. The number of carbonyl (C=O) groups is 2. The van der Waals surface area contributed by atoms with E-state index in [9.17, 15) is 14.0 Å². The smallest absolute Gasteiger partial charge is 0.303 e. The Labute approximate surface area is 117 Å². The molecule has 2 N–H and O–H groups in total. The third-order valence-electron chi connectivity index (χ3n) is 2.75. The molecule has 1 aromatic carbocycles. The second kappa shape index (κ2) is 8.09. The number of carboxylic acids is 1. The van der Waals surface area contributed by atoms with E-state index in [1.807, 2.05) is 6.92 Å². The Kier molecular flexibility index (Phi) is 6.43. The van der Waals surface area contributed by atoms with Crippen LogP contribution in [0, 0.1) is 11.7 Å². The summed E-state index contributed by atoms with van der Waals surface area (Å²) in [6, 6.07) is 5.93. The van der Waals surface area contributed by atoms with Crippen LogP contribution in [0.1, 0.15) is 25.3 Å². The Morgan fingerprint density at radius 3 is 2.85 bits per heavy atom. The minimum Gasteiger partial charge on any atom is -0.481 e. The fourth-order valence-electron chi connectivity index (χ4n) is 1.59. The highest BCUT2D eigenvalue weighted by Crippen LogP contribution is 2.06. The van der Waals surface area contributed by atoms with Crippen molar-refractivity contribution in [2.45, 2.75) is 19.8 Å². The van der Waals surface area contributed by atoms with Gasteiger partial charge in [-0.15, -0.1) is 0 Å². The zero-order valence-electron chi connectivity index (χ0n) is 11.3. The molecule has 0 bridgehead atoms. The molecule has 1 rings (SSSR count). The molecule has 20 heavy (non-hydrogen) atoms. The van der Waals surface area contributed by atoms with E-state index in [1.165, 1.54) is 24.3 Å². The summed E-state index contributed by atoms with van der Waals surface area (Å²) < 4.78 is 12.9. The van der Waals surface area contributed by atoms with Gasteiger partial charge in [0.15, 0.2) is 0 Å². The van der Waals surface area contributed by atoms with Crippen LogP contribution in [0.5, 0.6) is 0 Å². The number of amides is 1. The van der Waals surface area contributed by atoms with Crippen LogP contribution in [-0.2, 0) is 9.59 Å². The van der Waals surface area contributed by atoms with Crippen molar-refractivity contribution in [3.05, 3.63) is 41.7 Å². The SMILES string of the molecule is CC(CCC(=O)O)CNC(=O)/C=C/c1cccc(F)c1. The van der Waals surface area contributed by atoms with Crippen LogP contribution in [0.15, 0.2) is 30.3 Å². The maximum absolute atomic E-state index is 12.9. The fraction of sp³-hybridized carbons (Fsp3) is 0.333. The lowest BCUT2D eigenvalue weighted by Crippen LogP contribution is -2.26. The number of benzene rings is 1. The predicted octanol–water partition coefficient (Wildman–Crippen LogP) is 2.46. The standard InChI is InChI=1S/C15H18FNO3/c1-11(5-8-15(19)20)10-17-14(18)7-6-12-3-2-4-13(16)9-12/h2-4,6-7,9,11H,5,8,10H2,1H3,(H,17,18)(H,19,20)/b7-6+. The fourth-order valence-corrected chi connectivity index (χ4v) is 1.59. The Bertz CT molecular complexity index is 500. The first kappa shape index (κ1) is 15.9. The number of nitrogens with one attached hydrogen (secondary N) is 1. The molecule has 4 nitrogen and oxygen atoms in total. The van der Waals surface area contributed by atoms with Crippen LogP contribution < -0.4 is 5.32 Å². The van der Waals surface area contributed by atoms with Crippen molar-refractivity contribution in [2.75, 3.05) is 6.54 Å². The van der Waals surface area contributed by atoms with Gasteiger partial charge in [-0.25, -0.2) is 4.39 Å². The van der Waals surface area contributed by atoms with Crippen molar-refractivity contribution in [2.24, 2.45) is 5.92 Å². The zero-order chi connectivity index (χ0) is 15.0. The minimum atomic E-state index is -0.839. The van der Waals surface area contributed by atoms with Gasteiger partial charge >= 0.3 is 5.97 Å². The summed E-state index contributed by atoms with van der Waals surface area (Å²) in [5.41, 5.74) is 0.610. The molecule has 0 heterocycles. The Morgan fingerprint density at radius 2 is 2.20 bits per heavy atom. The average Bonchev–Trinajstić information content (AvgIpc) is 2.40. The molecule has 1 atom stereocenters. The molecule has 0 saturated heterocycles. The number of hydrogen-bond donors (Lipinski definition) is 2. The summed E-state index contributed by atoms with van der Waals surface area (Å²) in [6.45, 7) is 2.29. The van der Waals surface area contributed by atoms with Crippen LogP contribution in [0.2, 0.25) is 0 Å². The van der Waals surface area contributed by atoms with Gasteiger partial charge in [0.2, 0.25) is 5.91 Å². The van der Waals surface area contributed by atoms with Crippen molar-refractivity contribution >= 4 is 18.0 Å². The summed E-state index contributed by atoms with van der Waals surface area (Å²) in [6.07, 6.45) is 3.47. The highest BCUT2D eigenvalue weighted by Gasteiger charge is 2.06. The van der Waals surface area contributed by atoms with Crippen molar-refractivity contribution in [3.63, 3.8) is 0 Å². The predicted molar refractivity (Wildman–Crippen MR) is 74.5 cm³/mol. The number of hydrogen-bond acceptors (Lipinski definition) is 2. The zero-order valence-corrected chi connectivity index (χ0v) is 11.3. The third kappa shape index (κ3) is 6.68. The molecule has 0 aliphatic carbocycles. The molecule has 1 aromatic rings. The lowest BCUT2D eigenvalue weighted by Gasteiger charge is -2.09. The van der Waals surface area contributed by atoms with E-state index in [1.54, 1.807) is 12.1 Å². The van der Waals surface area contributed by atoms with Crippen LogP contribution in [0.4, 0.5) is 4.39 Å². The topological polar surface area (TPSA) is 66.4 Å². The van der Waals surface area contributed by atoms with Crippen molar-refractivity contribution in [3.8, 4) is 0 Å². The minimum absolute atomic E-state index is 0.0934. The number of rotatable bonds is 7. The normalized spacial score (nSPS) is 12.3. The third-order valence-corrected chi connectivity index (χ3v) is 2.75. The van der Waals surface area contributed by atoms with Gasteiger partial charge < -0.3 is 10.4 Å².